The second kappa shape index (κ2) is 7.44. The van der Waals surface area contributed by atoms with E-state index in [1.807, 2.05) is 49.4 Å². The van der Waals surface area contributed by atoms with Gasteiger partial charge in [-0.25, -0.2) is 9.78 Å². The van der Waals surface area contributed by atoms with E-state index in [0.29, 0.717) is 34.7 Å². The van der Waals surface area contributed by atoms with Crippen LogP contribution < -0.4 is 11.3 Å². The SMILES string of the molecule is CCn1c(SCCCn2c(=O)oc3ccccc32)nc2ccccc2c1=O. The molecule has 0 atom stereocenters. The normalized spacial score (nSPS) is 11.4. The topological polar surface area (TPSA) is 70.0 Å². The first-order chi connectivity index (χ1) is 13.2. The highest BCUT2D eigenvalue weighted by molar-refractivity contribution is 7.99. The standard InChI is InChI=1S/C20H19N3O3S/c1-2-22-18(24)14-8-3-4-9-15(14)21-19(22)27-13-7-12-23-16-10-5-6-11-17(16)26-20(23)25/h3-6,8-11H,2,7,12-13H2,1H3. The number of hydrogen-bond acceptors (Lipinski definition) is 5. The molecule has 2 aromatic heterocycles. The number of aromatic nitrogens is 3. The Balaban J connectivity index is 1.51. The van der Waals surface area contributed by atoms with Crippen LogP contribution in [0.3, 0.4) is 0 Å². The highest BCUT2D eigenvalue weighted by Gasteiger charge is 2.11. The van der Waals surface area contributed by atoms with Gasteiger partial charge in [-0.1, -0.05) is 36.0 Å². The van der Waals surface area contributed by atoms with E-state index in [-0.39, 0.29) is 11.3 Å². The predicted octanol–water partition coefficient (Wildman–Crippen LogP) is 3.51. The minimum Gasteiger partial charge on any atom is -0.408 e. The zero-order valence-electron chi connectivity index (χ0n) is 14.9. The summed E-state index contributed by atoms with van der Waals surface area (Å²) in [6, 6.07) is 14.8. The molecule has 2 heterocycles. The molecular formula is C20H19N3O3S. The van der Waals surface area contributed by atoms with Crippen LogP contribution in [0.4, 0.5) is 0 Å². The Kier molecular flexibility index (Phi) is 4.85. The van der Waals surface area contributed by atoms with E-state index in [1.165, 1.54) is 11.8 Å². The van der Waals surface area contributed by atoms with Gasteiger partial charge in [-0.05, 0) is 37.6 Å². The highest BCUT2D eigenvalue weighted by Crippen LogP contribution is 2.19. The third-order valence-electron chi connectivity index (χ3n) is 4.47. The first-order valence-corrected chi connectivity index (χ1v) is 9.88. The second-order valence-corrected chi connectivity index (χ2v) is 7.21. The van der Waals surface area contributed by atoms with Gasteiger partial charge in [-0.15, -0.1) is 0 Å². The van der Waals surface area contributed by atoms with Crippen LogP contribution in [0.1, 0.15) is 13.3 Å². The van der Waals surface area contributed by atoms with Crippen molar-refractivity contribution in [2.45, 2.75) is 31.6 Å². The number of fused-ring (bicyclic) bond motifs is 2. The van der Waals surface area contributed by atoms with Gasteiger partial charge in [0.2, 0.25) is 0 Å². The van der Waals surface area contributed by atoms with Crippen molar-refractivity contribution in [1.82, 2.24) is 14.1 Å². The van der Waals surface area contributed by atoms with Crippen LogP contribution in [-0.4, -0.2) is 19.9 Å². The van der Waals surface area contributed by atoms with Crippen molar-refractivity contribution in [3.8, 4) is 0 Å². The third-order valence-corrected chi connectivity index (χ3v) is 5.54. The number of thioether (sulfide) groups is 1. The molecule has 0 aliphatic heterocycles. The number of benzene rings is 2. The van der Waals surface area contributed by atoms with Crippen molar-refractivity contribution < 1.29 is 4.42 Å². The summed E-state index contributed by atoms with van der Waals surface area (Å²) in [6.45, 7) is 3.08. The lowest BCUT2D eigenvalue weighted by atomic mass is 10.2. The van der Waals surface area contributed by atoms with Gasteiger partial charge in [0.25, 0.3) is 5.56 Å². The molecule has 4 aromatic rings. The molecule has 4 rings (SSSR count). The molecule has 2 aromatic carbocycles. The monoisotopic (exact) mass is 381 g/mol. The highest BCUT2D eigenvalue weighted by atomic mass is 32.2. The number of para-hydroxylation sites is 3. The molecule has 6 nitrogen and oxygen atoms in total. The Morgan fingerprint density at radius 2 is 1.81 bits per heavy atom. The molecule has 0 aliphatic rings. The minimum absolute atomic E-state index is 0.0114. The van der Waals surface area contributed by atoms with Crippen molar-refractivity contribution in [2.75, 3.05) is 5.75 Å². The fraction of sp³-hybridized carbons (Fsp3) is 0.250. The molecule has 0 amide bonds. The van der Waals surface area contributed by atoms with Crippen LogP contribution in [0.25, 0.3) is 22.0 Å². The number of nitrogens with zero attached hydrogens (tertiary/aromatic N) is 3. The Morgan fingerprint density at radius 3 is 2.67 bits per heavy atom. The van der Waals surface area contributed by atoms with Crippen molar-refractivity contribution in [3.63, 3.8) is 0 Å². The van der Waals surface area contributed by atoms with Crippen LogP contribution in [0, 0.1) is 0 Å². The Labute approximate surface area is 159 Å². The molecule has 138 valence electrons. The average molecular weight is 381 g/mol. The predicted molar refractivity (Wildman–Crippen MR) is 107 cm³/mol. The van der Waals surface area contributed by atoms with E-state index in [2.05, 4.69) is 4.98 Å². The fourth-order valence-electron chi connectivity index (χ4n) is 3.15. The number of rotatable bonds is 6. The van der Waals surface area contributed by atoms with E-state index in [4.69, 9.17) is 4.42 Å². The largest absolute Gasteiger partial charge is 0.419 e. The summed E-state index contributed by atoms with van der Waals surface area (Å²) in [7, 11) is 0. The molecule has 0 spiro atoms. The van der Waals surface area contributed by atoms with Crippen LogP contribution >= 0.6 is 11.8 Å². The smallest absolute Gasteiger partial charge is 0.408 e. The molecule has 0 unspecified atom stereocenters. The summed E-state index contributed by atoms with van der Waals surface area (Å²) in [4.78, 5) is 29.3. The molecular weight excluding hydrogens is 362 g/mol. The summed E-state index contributed by atoms with van der Waals surface area (Å²) in [5.74, 6) is 0.409. The molecule has 0 saturated carbocycles. The quantitative estimate of drug-likeness (QED) is 0.290. The van der Waals surface area contributed by atoms with Crippen molar-refractivity contribution in [2.24, 2.45) is 0 Å². The molecule has 27 heavy (non-hydrogen) atoms. The molecule has 0 saturated heterocycles. The summed E-state index contributed by atoms with van der Waals surface area (Å²) in [5.41, 5.74) is 2.11. The maximum absolute atomic E-state index is 12.6. The minimum atomic E-state index is -0.338. The molecule has 7 heteroatoms. The van der Waals surface area contributed by atoms with E-state index in [9.17, 15) is 9.59 Å². The van der Waals surface area contributed by atoms with Crippen LogP contribution in [-0.2, 0) is 13.1 Å². The van der Waals surface area contributed by atoms with Gasteiger partial charge in [-0.2, -0.15) is 0 Å². The van der Waals surface area contributed by atoms with E-state index in [0.717, 1.165) is 17.7 Å². The first-order valence-electron chi connectivity index (χ1n) is 8.90. The summed E-state index contributed by atoms with van der Waals surface area (Å²) >= 11 is 1.54. The van der Waals surface area contributed by atoms with Gasteiger partial charge >= 0.3 is 5.76 Å². The summed E-state index contributed by atoms with van der Waals surface area (Å²) in [5, 5.41) is 1.35. The van der Waals surface area contributed by atoms with Crippen LogP contribution in [0.15, 0.2) is 67.7 Å². The average Bonchev–Trinajstić information content (AvgIpc) is 3.00. The molecule has 0 aliphatic carbocycles. The number of aryl methyl sites for hydroxylation is 1. The van der Waals surface area contributed by atoms with Crippen molar-refractivity contribution >= 4 is 33.8 Å². The lowest BCUT2D eigenvalue weighted by Gasteiger charge is -2.11. The van der Waals surface area contributed by atoms with Crippen molar-refractivity contribution in [1.29, 1.82) is 0 Å². The number of oxazole rings is 1. The summed E-state index contributed by atoms with van der Waals surface area (Å²) in [6.07, 6.45) is 0.764. The lowest BCUT2D eigenvalue weighted by Crippen LogP contribution is -2.22. The Morgan fingerprint density at radius 1 is 1.04 bits per heavy atom. The zero-order valence-corrected chi connectivity index (χ0v) is 15.7. The zero-order chi connectivity index (χ0) is 18.8. The molecule has 0 bridgehead atoms. The Bertz CT molecular complexity index is 1220. The maximum atomic E-state index is 12.6. The number of hydrogen-bond donors (Lipinski definition) is 0. The van der Waals surface area contributed by atoms with E-state index in [1.54, 1.807) is 15.2 Å². The Hall–Kier alpha value is -2.80. The van der Waals surface area contributed by atoms with Gasteiger partial charge in [0.05, 0.1) is 16.4 Å². The third kappa shape index (κ3) is 3.30. The van der Waals surface area contributed by atoms with Crippen LogP contribution in [0.2, 0.25) is 0 Å². The molecule has 0 radical (unpaired) electrons. The van der Waals surface area contributed by atoms with E-state index >= 15 is 0 Å². The summed E-state index contributed by atoms with van der Waals surface area (Å²) < 4.78 is 8.61. The second-order valence-electron chi connectivity index (χ2n) is 6.15. The van der Waals surface area contributed by atoms with Crippen molar-refractivity contribution in [3.05, 3.63) is 69.4 Å². The van der Waals surface area contributed by atoms with E-state index < -0.39 is 0 Å². The molecule has 0 N–H and O–H groups in total. The van der Waals surface area contributed by atoms with Gasteiger partial charge in [-0.3, -0.25) is 13.9 Å². The van der Waals surface area contributed by atoms with Crippen LogP contribution in [0.5, 0.6) is 0 Å². The van der Waals surface area contributed by atoms with Gasteiger partial charge in [0, 0.05) is 18.8 Å². The molecule has 0 fully saturated rings. The van der Waals surface area contributed by atoms with Gasteiger partial charge in [0.15, 0.2) is 10.7 Å². The van der Waals surface area contributed by atoms with Gasteiger partial charge in [0.1, 0.15) is 0 Å². The maximum Gasteiger partial charge on any atom is 0.419 e. The lowest BCUT2D eigenvalue weighted by molar-refractivity contribution is 0.503. The van der Waals surface area contributed by atoms with Gasteiger partial charge < -0.3 is 4.42 Å². The first kappa shape index (κ1) is 17.6. The fourth-order valence-corrected chi connectivity index (χ4v) is 4.14.